The van der Waals surface area contributed by atoms with Gasteiger partial charge in [-0.2, -0.15) is 0 Å². The molecule has 2 bridgehead atoms. The smallest absolute Gasteiger partial charge is 0.426 e. The Labute approximate surface area is 74.1 Å². The van der Waals surface area contributed by atoms with E-state index in [1.54, 1.807) is 0 Å². The van der Waals surface area contributed by atoms with Crippen LogP contribution in [0.25, 0.3) is 0 Å². The van der Waals surface area contributed by atoms with Gasteiger partial charge in [0.15, 0.2) is 0 Å². The maximum absolute atomic E-state index is 10.7. The van der Waals surface area contributed by atoms with Gasteiger partial charge in [0.05, 0.1) is 5.54 Å². The molecule has 0 aromatic rings. The number of hydrazine groups is 1. The van der Waals surface area contributed by atoms with Crippen molar-refractivity contribution in [1.82, 2.24) is 10.4 Å². The zero-order chi connectivity index (χ0) is 9.64. The molecular formula is C7H10N2O4. The van der Waals surface area contributed by atoms with Crippen LogP contribution in [-0.2, 0) is 0 Å². The third-order valence-corrected chi connectivity index (χ3v) is 2.88. The van der Waals surface area contributed by atoms with Crippen molar-refractivity contribution >= 4 is 12.2 Å². The number of nitrogens with one attached hydrogen (secondary N) is 1. The lowest BCUT2D eigenvalue weighted by Gasteiger charge is -2.64. The summed E-state index contributed by atoms with van der Waals surface area (Å²) >= 11 is 0. The minimum Gasteiger partial charge on any atom is -0.464 e. The van der Waals surface area contributed by atoms with Crippen molar-refractivity contribution in [3.63, 3.8) is 0 Å². The lowest BCUT2D eigenvalue weighted by molar-refractivity contribution is -0.143. The van der Waals surface area contributed by atoms with Crippen LogP contribution in [0.1, 0.15) is 19.3 Å². The van der Waals surface area contributed by atoms with Gasteiger partial charge in [0.25, 0.3) is 0 Å². The Kier molecular flexibility index (Phi) is 1.43. The molecule has 72 valence electrons. The molecule has 13 heavy (non-hydrogen) atoms. The Morgan fingerprint density at radius 2 is 1.85 bits per heavy atom. The molecule has 0 radical (unpaired) electrons. The van der Waals surface area contributed by atoms with Gasteiger partial charge in [-0.3, -0.25) is 0 Å². The summed E-state index contributed by atoms with van der Waals surface area (Å²) in [5, 5.41) is 18.0. The molecule has 3 aliphatic rings. The fourth-order valence-corrected chi connectivity index (χ4v) is 2.17. The molecule has 2 amide bonds. The van der Waals surface area contributed by atoms with Gasteiger partial charge < -0.3 is 10.2 Å². The second-order valence-electron chi connectivity index (χ2n) is 3.74. The highest BCUT2D eigenvalue weighted by molar-refractivity contribution is 5.72. The van der Waals surface area contributed by atoms with Crippen molar-refractivity contribution in [1.29, 1.82) is 0 Å². The summed E-state index contributed by atoms with van der Waals surface area (Å²) in [5.41, 5.74) is 1.49. The van der Waals surface area contributed by atoms with E-state index in [9.17, 15) is 9.59 Å². The van der Waals surface area contributed by atoms with Crippen LogP contribution >= 0.6 is 0 Å². The fourth-order valence-electron chi connectivity index (χ4n) is 2.17. The summed E-state index contributed by atoms with van der Waals surface area (Å²) in [4.78, 5) is 21.0. The van der Waals surface area contributed by atoms with Crippen LogP contribution in [0.3, 0.4) is 0 Å². The molecule has 0 spiro atoms. The predicted molar refractivity (Wildman–Crippen MR) is 41.1 cm³/mol. The number of hydrogen-bond acceptors (Lipinski definition) is 2. The molecule has 3 fully saturated rings. The van der Waals surface area contributed by atoms with Gasteiger partial charge in [0.1, 0.15) is 0 Å². The standard InChI is InChI=1S/C7H10N2O4/c10-5(11)8-9(6(12)13)7-1-4(2-7)3-7/h4,8H,1-3H2,(H,10,11)(H,12,13). The van der Waals surface area contributed by atoms with Crippen molar-refractivity contribution in [2.45, 2.75) is 24.8 Å². The SMILES string of the molecule is O=C(O)NN(C(=O)O)C12CC(C1)C2. The minimum absolute atomic E-state index is 0.422. The van der Waals surface area contributed by atoms with Gasteiger partial charge in [-0.15, -0.1) is 0 Å². The first-order valence-corrected chi connectivity index (χ1v) is 4.06. The molecule has 3 saturated carbocycles. The molecule has 6 nitrogen and oxygen atoms in total. The topological polar surface area (TPSA) is 89.9 Å². The number of carbonyl (C=O) groups is 2. The number of carboxylic acid groups (broad SMARTS) is 2. The molecule has 0 aromatic heterocycles. The number of rotatable bonds is 1. The van der Waals surface area contributed by atoms with Gasteiger partial charge in [0.2, 0.25) is 0 Å². The largest absolute Gasteiger partial charge is 0.464 e. The Bertz CT molecular complexity index is 261. The monoisotopic (exact) mass is 186 g/mol. The van der Waals surface area contributed by atoms with Crippen LogP contribution in [0.15, 0.2) is 0 Å². The van der Waals surface area contributed by atoms with Crippen molar-refractivity contribution < 1.29 is 19.8 Å². The summed E-state index contributed by atoms with van der Waals surface area (Å²) in [5.74, 6) is 0.609. The third-order valence-electron chi connectivity index (χ3n) is 2.88. The number of nitrogens with zero attached hydrogens (tertiary/aromatic N) is 1. The normalized spacial score (nSPS) is 34.0. The highest BCUT2D eigenvalue weighted by atomic mass is 16.4. The average Bonchev–Trinajstić information content (AvgIpc) is 1.77. The molecule has 0 atom stereocenters. The molecule has 0 aromatic carbocycles. The Hall–Kier alpha value is -1.46. The number of hydrogen-bond donors (Lipinski definition) is 3. The van der Waals surface area contributed by atoms with Crippen molar-refractivity contribution in [3.8, 4) is 0 Å². The van der Waals surface area contributed by atoms with Gasteiger partial charge in [0, 0.05) is 0 Å². The molecule has 0 unspecified atom stereocenters. The van der Waals surface area contributed by atoms with E-state index in [0.29, 0.717) is 5.92 Å². The quantitative estimate of drug-likeness (QED) is 0.526. The van der Waals surface area contributed by atoms with Crippen LogP contribution in [0.2, 0.25) is 0 Å². The zero-order valence-electron chi connectivity index (χ0n) is 6.86. The van der Waals surface area contributed by atoms with Crippen molar-refractivity contribution in [2.24, 2.45) is 5.92 Å². The third kappa shape index (κ3) is 1.01. The van der Waals surface area contributed by atoms with Crippen molar-refractivity contribution in [2.75, 3.05) is 0 Å². The first-order valence-electron chi connectivity index (χ1n) is 4.06. The van der Waals surface area contributed by atoms with E-state index in [1.807, 2.05) is 5.43 Å². The van der Waals surface area contributed by atoms with Crippen LogP contribution in [0.5, 0.6) is 0 Å². The second-order valence-corrected chi connectivity index (χ2v) is 3.74. The summed E-state index contributed by atoms with van der Waals surface area (Å²) in [6.45, 7) is 0. The number of amides is 2. The lowest BCUT2D eigenvalue weighted by Crippen LogP contribution is -2.73. The highest BCUT2D eigenvalue weighted by Crippen LogP contribution is 2.60. The summed E-state index contributed by atoms with van der Waals surface area (Å²) in [6, 6.07) is 0. The summed E-state index contributed by atoms with van der Waals surface area (Å²) in [6.07, 6.45) is -0.175. The molecule has 0 aliphatic heterocycles. The van der Waals surface area contributed by atoms with Crippen LogP contribution in [0.4, 0.5) is 9.59 Å². The molecule has 0 heterocycles. The van der Waals surface area contributed by atoms with E-state index in [-0.39, 0.29) is 0 Å². The summed E-state index contributed by atoms with van der Waals surface area (Å²) < 4.78 is 0. The molecule has 3 aliphatic carbocycles. The Balaban J connectivity index is 2.05. The maximum atomic E-state index is 10.7. The van der Waals surface area contributed by atoms with Crippen LogP contribution in [0, 0.1) is 5.92 Å². The zero-order valence-corrected chi connectivity index (χ0v) is 6.86. The molecule has 3 rings (SSSR count). The van der Waals surface area contributed by atoms with E-state index in [2.05, 4.69) is 0 Å². The van der Waals surface area contributed by atoms with E-state index >= 15 is 0 Å². The van der Waals surface area contributed by atoms with Gasteiger partial charge in [-0.05, 0) is 25.2 Å². The first kappa shape index (κ1) is 8.15. The molecule has 6 heteroatoms. The van der Waals surface area contributed by atoms with Gasteiger partial charge in [-0.1, -0.05) is 0 Å². The molecular weight excluding hydrogens is 176 g/mol. The first-order chi connectivity index (χ1) is 6.03. The lowest BCUT2D eigenvalue weighted by atomic mass is 9.49. The van der Waals surface area contributed by atoms with Gasteiger partial charge >= 0.3 is 12.2 Å². The minimum atomic E-state index is -1.33. The van der Waals surface area contributed by atoms with Crippen molar-refractivity contribution in [3.05, 3.63) is 0 Å². The fraction of sp³-hybridized carbons (Fsp3) is 0.714. The summed E-state index contributed by atoms with van der Waals surface area (Å²) in [7, 11) is 0. The van der Waals surface area contributed by atoms with Crippen LogP contribution < -0.4 is 5.43 Å². The van der Waals surface area contributed by atoms with E-state index in [1.165, 1.54) is 0 Å². The maximum Gasteiger partial charge on any atom is 0.426 e. The highest BCUT2D eigenvalue weighted by Gasteiger charge is 2.62. The second kappa shape index (κ2) is 2.27. The average molecular weight is 186 g/mol. The Morgan fingerprint density at radius 3 is 2.08 bits per heavy atom. The van der Waals surface area contributed by atoms with E-state index in [0.717, 1.165) is 24.3 Å². The predicted octanol–water partition coefficient (Wildman–Crippen LogP) is 0.702. The molecule has 0 saturated heterocycles. The van der Waals surface area contributed by atoms with Crippen LogP contribution in [-0.4, -0.2) is 32.9 Å². The Morgan fingerprint density at radius 1 is 1.31 bits per heavy atom. The van der Waals surface area contributed by atoms with Gasteiger partial charge in [-0.25, -0.2) is 20.0 Å². The van der Waals surface area contributed by atoms with E-state index in [4.69, 9.17) is 10.2 Å². The molecule has 3 N–H and O–H groups in total. The van der Waals surface area contributed by atoms with E-state index < -0.39 is 17.7 Å².